The zero-order valence-corrected chi connectivity index (χ0v) is 11.1. The number of fused-ring (bicyclic) bond motifs is 1. The van der Waals surface area contributed by atoms with Crippen LogP contribution in [0.2, 0.25) is 0 Å². The molecule has 0 bridgehead atoms. The third-order valence-electron chi connectivity index (χ3n) is 3.53. The van der Waals surface area contributed by atoms with E-state index in [1.165, 1.54) is 24.0 Å². The average molecular weight is 282 g/mol. The first-order chi connectivity index (χ1) is 7.66. The molecule has 1 aromatic carbocycles. The monoisotopic (exact) mass is 281 g/mol. The predicted molar refractivity (Wildman–Crippen MR) is 67.8 cm³/mol. The highest BCUT2D eigenvalue weighted by molar-refractivity contribution is 9.10. The van der Waals surface area contributed by atoms with E-state index in [0.29, 0.717) is 5.54 Å². The first-order valence-corrected chi connectivity index (χ1v) is 6.65. The molecule has 1 saturated carbocycles. The summed E-state index contributed by atoms with van der Waals surface area (Å²) in [5.74, 6) is 1.11. The molecule has 0 unspecified atom stereocenters. The SMILES string of the molecule is CC1(NCc2cc(Br)cc3c2OCC3)CC1. The summed E-state index contributed by atoms with van der Waals surface area (Å²) in [5, 5.41) is 3.61. The minimum absolute atomic E-state index is 0.383. The van der Waals surface area contributed by atoms with Gasteiger partial charge in [-0.1, -0.05) is 15.9 Å². The smallest absolute Gasteiger partial charge is 0.127 e. The van der Waals surface area contributed by atoms with Gasteiger partial charge < -0.3 is 10.1 Å². The van der Waals surface area contributed by atoms with Crippen LogP contribution in [-0.2, 0) is 13.0 Å². The molecule has 3 rings (SSSR count). The first-order valence-electron chi connectivity index (χ1n) is 5.85. The lowest BCUT2D eigenvalue weighted by molar-refractivity contribution is 0.351. The van der Waals surface area contributed by atoms with Gasteiger partial charge in [0.25, 0.3) is 0 Å². The van der Waals surface area contributed by atoms with E-state index >= 15 is 0 Å². The molecule has 3 heteroatoms. The summed E-state index contributed by atoms with van der Waals surface area (Å²) in [5.41, 5.74) is 3.01. The third-order valence-corrected chi connectivity index (χ3v) is 3.99. The number of halogens is 1. The Morgan fingerprint density at radius 1 is 1.44 bits per heavy atom. The second-order valence-corrected chi connectivity index (χ2v) is 5.98. The molecule has 0 radical (unpaired) electrons. The Morgan fingerprint density at radius 3 is 3.00 bits per heavy atom. The van der Waals surface area contributed by atoms with Crippen LogP contribution in [0.25, 0.3) is 0 Å². The largest absolute Gasteiger partial charge is 0.493 e. The second kappa shape index (κ2) is 3.74. The fourth-order valence-electron chi connectivity index (χ4n) is 2.15. The van der Waals surface area contributed by atoms with E-state index < -0.39 is 0 Å². The van der Waals surface area contributed by atoms with Gasteiger partial charge in [0.15, 0.2) is 0 Å². The zero-order chi connectivity index (χ0) is 11.2. The lowest BCUT2D eigenvalue weighted by Crippen LogP contribution is -2.27. The molecule has 1 heterocycles. The third kappa shape index (κ3) is 1.98. The molecule has 2 nitrogen and oxygen atoms in total. The van der Waals surface area contributed by atoms with E-state index in [0.717, 1.165) is 29.8 Å². The lowest BCUT2D eigenvalue weighted by Gasteiger charge is -2.14. The van der Waals surface area contributed by atoms with Crippen molar-refractivity contribution in [1.82, 2.24) is 5.32 Å². The Balaban J connectivity index is 1.82. The summed E-state index contributed by atoms with van der Waals surface area (Å²) in [6.07, 6.45) is 3.63. The first kappa shape index (κ1) is 10.6. The maximum absolute atomic E-state index is 5.71. The van der Waals surface area contributed by atoms with Gasteiger partial charge in [0.2, 0.25) is 0 Å². The molecular formula is C13H16BrNO. The summed E-state index contributed by atoms with van der Waals surface area (Å²) in [6.45, 7) is 4.03. The summed E-state index contributed by atoms with van der Waals surface area (Å²) in [7, 11) is 0. The van der Waals surface area contributed by atoms with Crippen LogP contribution < -0.4 is 10.1 Å². The molecule has 2 aliphatic rings. The van der Waals surface area contributed by atoms with E-state index in [4.69, 9.17) is 4.74 Å². The minimum Gasteiger partial charge on any atom is -0.493 e. The van der Waals surface area contributed by atoms with E-state index in [2.05, 4.69) is 40.3 Å². The maximum Gasteiger partial charge on any atom is 0.127 e. The molecule has 0 spiro atoms. The number of nitrogens with one attached hydrogen (secondary N) is 1. The predicted octanol–water partition coefficient (Wildman–Crippen LogP) is 3.03. The van der Waals surface area contributed by atoms with E-state index in [9.17, 15) is 0 Å². The minimum atomic E-state index is 0.383. The topological polar surface area (TPSA) is 21.3 Å². The second-order valence-electron chi connectivity index (χ2n) is 5.07. The van der Waals surface area contributed by atoms with Gasteiger partial charge in [-0.05, 0) is 37.5 Å². The molecule has 1 aliphatic carbocycles. The van der Waals surface area contributed by atoms with E-state index in [1.807, 2.05) is 0 Å². The highest BCUT2D eigenvalue weighted by atomic mass is 79.9. The molecule has 0 saturated heterocycles. The molecule has 0 atom stereocenters. The van der Waals surface area contributed by atoms with Crippen molar-refractivity contribution in [2.75, 3.05) is 6.61 Å². The molecule has 0 amide bonds. The molecular weight excluding hydrogens is 266 g/mol. The number of hydrogen-bond acceptors (Lipinski definition) is 2. The number of ether oxygens (including phenoxy) is 1. The van der Waals surface area contributed by atoms with Gasteiger partial charge in [0.05, 0.1) is 6.61 Å². The zero-order valence-electron chi connectivity index (χ0n) is 9.48. The molecule has 16 heavy (non-hydrogen) atoms. The van der Waals surface area contributed by atoms with Gasteiger partial charge in [-0.25, -0.2) is 0 Å². The van der Waals surface area contributed by atoms with Crippen LogP contribution >= 0.6 is 15.9 Å². The molecule has 1 N–H and O–H groups in total. The van der Waals surface area contributed by atoms with Crippen LogP contribution in [0.1, 0.15) is 30.9 Å². The van der Waals surface area contributed by atoms with Crippen molar-refractivity contribution in [2.45, 2.75) is 38.3 Å². The van der Waals surface area contributed by atoms with E-state index in [1.54, 1.807) is 0 Å². The lowest BCUT2D eigenvalue weighted by atomic mass is 10.1. The van der Waals surface area contributed by atoms with Gasteiger partial charge in [-0.2, -0.15) is 0 Å². The normalized spacial score (nSPS) is 20.4. The number of hydrogen-bond donors (Lipinski definition) is 1. The Bertz CT molecular complexity index is 426. The van der Waals surface area contributed by atoms with Crippen molar-refractivity contribution in [3.63, 3.8) is 0 Å². The molecule has 0 aromatic heterocycles. The van der Waals surface area contributed by atoms with Gasteiger partial charge >= 0.3 is 0 Å². The quantitative estimate of drug-likeness (QED) is 0.920. The molecule has 86 valence electrons. The summed E-state index contributed by atoms with van der Waals surface area (Å²) in [6, 6.07) is 4.34. The summed E-state index contributed by atoms with van der Waals surface area (Å²) < 4.78 is 6.87. The van der Waals surface area contributed by atoms with Crippen molar-refractivity contribution in [2.24, 2.45) is 0 Å². The average Bonchev–Trinajstić information content (AvgIpc) is 2.79. The standard InChI is InChI=1S/C13H16BrNO/c1-13(3-4-13)15-8-10-7-11(14)6-9-2-5-16-12(9)10/h6-7,15H,2-5,8H2,1H3. The fourth-order valence-corrected chi connectivity index (χ4v) is 2.70. The Kier molecular flexibility index (Phi) is 2.48. The molecule has 1 fully saturated rings. The highest BCUT2D eigenvalue weighted by Gasteiger charge is 2.36. The van der Waals surface area contributed by atoms with Crippen LogP contribution in [0, 0.1) is 0 Å². The van der Waals surface area contributed by atoms with Crippen LogP contribution in [0.4, 0.5) is 0 Å². The van der Waals surface area contributed by atoms with Crippen LogP contribution in [0.3, 0.4) is 0 Å². The Morgan fingerprint density at radius 2 is 2.25 bits per heavy atom. The van der Waals surface area contributed by atoms with Gasteiger partial charge in [0, 0.05) is 28.5 Å². The Labute approximate surface area is 105 Å². The van der Waals surface area contributed by atoms with Crippen molar-refractivity contribution >= 4 is 15.9 Å². The van der Waals surface area contributed by atoms with Crippen LogP contribution in [0.15, 0.2) is 16.6 Å². The summed E-state index contributed by atoms with van der Waals surface area (Å²) >= 11 is 3.57. The number of rotatable bonds is 3. The van der Waals surface area contributed by atoms with E-state index in [-0.39, 0.29) is 0 Å². The van der Waals surface area contributed by atoms with Gasteiger partial charge in [0.1, 0.15) is 5.75 Å². The van der Waals surface area contributed by atoms with Crippen molar-refractivity contribution in [3.05, 3.63) is 27.7 Å². The number of benzene rings is 1. The van der Waals surface area contributed by atoms with Crippen molar-refractivity contribution in [3.8, 4) is 5.75 Å². The van der Waals surface area contributed by atoms with Crippen LogP contribution in [0.5, 0.6) is 5.75 Å². The van der Waals surface area contributed by atoms with Crippen LogP contribution in [-0.4, -0.2) is 12.1 Å². The van der Waals surface area contributed by atoms with Crippen molar-refractivity contribution < 1.29 is 4.74 Å². The molecule has 1 aliphatic heterocycles. The molecule has 1 aromatic rings. The van der Waals surface area contributed by atoms with Gasteiger partial charge in [-0.15, -0.1) is 0 Å². The Hall–Kier alpha value is -0.540. The maximum atomic E-state index is 5.71. The summed E-state index contributed by atoms with van der Waals surface area (Å²) in [4.78, 5) is 0. The van der Waals surface area contributed by atoms with Gasteiger partial charge in [-0.3, -0.25) is 0 Å². The van der Waals surface area contributed by atoms with Crippen molar-refractivity contribution in [1.29, 1.82) is 0 Å². The highest BCUT2D eigenvalue weighted by Crippen LogP contribution is 2.37. The fraction of sp³-hybridized carbons (Fsp3) is 0.538.